The average molecular weight is 558 g/mol. The first-order chi connectivity index (χ1) is 20.6. The fourth-order valence-electron chi connectivity index (χ4n) is 6.22. The van der Waals surface area contributed by atoms with E-state index in [1.54, 1.807) is 24.3 Å². The molecular formula is C36H35N3O3. The molecule has 0 saturated carbocycles. The van der Waals surface area contributed by atoms with Crippen LogP contribution in [0.1, 0.15) is 44.7 Å². The summed E-state index contributed by atoms with van der Waals surface area (Å²) in [6.07, 6.45) is 2.88. The lowest BCUT2D eigenvalue weighted by Gasteiger charge is -2.41. The van der Waals surface area contributed by atoms with Crippen molar-refractivity contribution in [3.8, 4) is 0 Å². The maximum atomic E-state index is 14.7. The predicted octanol–water partition coefficient (Wildman–Crippen LogP) is 5.63. The van der Waals surface area contributed by atoms with Gasteiger partial charge in [-0.25, -0.2) is 0 Å². The fraction of sp³-hybridized carbons (Fsp3) is 0.250. The number of nitrogens with zero attached hydrogens (tertiary/aromatic N) is 3. The highest BCUT2D eigenvalue weighted by Gasteiger charge is 2.45. The van der Waals surface area contributed by atoms with Crippen molar-refractivity contribution in [2.24, 2.45) is 0 Å². The second-order valence-electron chi connectivity index (χ2n) is 11.1. The number of likely N-dealkylation sites (tertiary alicyclic amines) is 1. The Kier molecular flexibility index (Phi) is 8.24. The standard InChI is InChI=1S/C36H35N3O3/c40-34-31-18-10-11-19-32(31)35(41)39(34)33(26-28-14-6-2-7-15-28)36(42)38(29-16-8-3-9-17-29)30-21-24-37(25-22-30)23-20-27-12-4-1-5-13-27/h1-19,30,33H,20-26H2/t33-/m0/s1. The summed E-state index contributed by atoms with van der Waals surface area (Å²) in [5, 5.41) is 0. The van der Waals surface area contributed by atoms with E-state index in [1.807, 2.05) is 71.6 Å². The summed E-state index contributed by atoms with van der Waals surface area (Å²) in [5.41, 5.74) is 3.72. The lowest BCUT2D eigenvalue weighted by molar-refractivity contribution is -0.123. The third-order valence-corrected chi connectivity index (χ3v) is 8.45. The number of carbonyl (C=O) groups excluding carboxylic acids is 3. The molecule has 1 fully saturated rings. The first-order valence-corrected chi connectivity index (χ1v) is 14.8. The molecule has 2 heterocycles. The van der Waals surface area contributed by atoms with Crippen LogP contribution >= 0.6 is 0 Å². The fourth-order valence-corrected chi connectivity index (χ4v) is 6.22. The van der Waals surface area contributed by atoms with Crippen molar-refractivity contribution >= 4 is 23.4 Å². The number of anilines is 1. The van der Waals surface area contributed by atoms with Gasteiger partial charge >= 0.3 is 0 Å². The summed E-state index contributed by atoms with van der Waals surface area (Å²) < 4.78 is 0. The summed E-state index contributed by atoms with van der Waals surface area (Å²) in [7, 11) is 0. The first kappa shape index (κ1) is 27.6. The van der Waals surface area contributed by atoms with Crippen LogP contribution in [0.15, 0.2) is 115 Å². The average Bonchev–Trinajstić information content (AvgIpc) is 3.30. The third kappa shape index (κ3) is 5.76. The largest absolute Gasteiger partial charge is 0.307 e. The number of hydrogen-bond donors (Lipinski definition) is 0. The summed E-state index contributed by atoms with van der Waals surface area (Å²) in [5.74, 6) is -1.04. The number of rotatable bonds is 9. The third-order valence-electron chi connectivity index (χ3n) is 8.45. The van der Waals surface area contributed by atoms with Gasteiger partial charge < -0.3 is 9.80 Å². The molecule has 4 aromatic carbocycles. The highest BCUT2D eigenvalue weighted by atomic mass is 16.2. The Balaban J connectivity index is 1.28. The van der Waals surface area contributed by atoms with E-state index >= 15 is 0 Å². The van der Waals surface area contributed by atoms with Crippen LogP contribution in [-0.4, -0.2) is 59.2 Å². The van der Waals surface area contributed by atoms with E-state index in [1.165, 1.54) is 10.5 Å². The highest BCUT2D eigenvalue weighted by molar-refractivity contribution is 6.23. The lowest BCUT2D eigenvalue weighted by Crippen LogP contribution is -2.56. The van der Waals surface area contributed by atoms with Crippen molar-refractivity contribution in [1.29, 1.82) is 0 Å². The number of benzene rings is 4. The van der Waals surface area contributed by atoms with E-state index in [0.717, 1.165) is 50.1 Å². The monoisotopic (exact) mass is 557 g/mol. The van der Waals surface area contributed by atoms with E-state index in [0.29, 0.717) is 11.1 Å². The van der Waals surface area contributed by atoms with Crippen LogP contribution < -0.4 is 4.90 Å². The van der Waals surface area contributed by atoms with Crippen molar-refractivity contribution in [1.82, 2.24) is 9.80 Å². The number of piperidine rings is 1. The van der Waals surface area contributed by atoms with Gasteiger partial charge in [-0.15, -0.1) is 0 Å². The summed E-state index contributed by atoms with van der Waals surface area (Å²) in [6.45, 7) is 2.73. The zero-order chi connectivity index (χ0) is 28.9. The minimum Gasteiger partial charge on any atom is -0.307 e. The van der Waals surface area contributed by atoms with Gasteiger partial charge in [-0.1, -0.05) is 91.0 Å². The number of imide groups is 1. The van der Waals surface area contributed by atoms with E-state index in [4.69, 9.17) is 0 Å². The Labute approximate surface area is 247 Å². The number of hydrogen-bond acceptors (Lipinski definition) is 4. The molecule has 212 valence electrons. The molecule has 4 aromatic rings. The Bertz CT molecular complexity index is 1500. The maximum absolute atomic E-state index is 14.7. The molecule has 1 saturated heterocycles. The van der Waals surface area contributed by atoms with Gasteiger partial charge in [0.25, 0.3) is 17.7 Å². The van der Waals surface area contributed by atoms with E-state index in [9.17, 15) is 14.4 Å². The van der Waals surface area contributed by atoms with Crippen LogP contribution in [0.3, 0.4) is 0 Å². The SMILES string of the molecule is O=C([C@H](Cc1ccccc1)N1C(=O)c2ccccc2C1=O)N(c1ccccc1)C1CCN(CCc2ccccc2)CC1. The Hall–Kier alpha value is -4.55. The molecule has 3 amide bonds. The van der Waals surface area contributed by atoms with Gasteiger partial charge in [0.15, 0.2) is 0 Å². The van der Waals surface area contributed by atoms with Crippen LogP contribution in [-0.2, 0) is 17.6 Å². The van der Waals surface area contributed by atoms with Crippen LogP contribution in [0.5, 0.6) is 0 Å². The van der Waals surface area contributed by atoms with Gasteiger partial charge in [0.1, 0.15) is 6.04 Å². The Morgan fingerprint density at radius 1 is 0.690 bits per heavy atom. The van der Waals surface area contributed by atoms with E-state index in [-0.39, 0.29) is 18.4 Å². The zero-order valence-electron chi connectivity index (χ0n) is 23.6. The number of para-hydroxylation sites is 1. The second-order valence-corrected chi connectivity index (χ2v) is 11.1. The van der Waals surface area contributed by atoms with Gasteiger partial charge in [-0.2, -0.15) is 0 Å². The van der Waals surface area contributed by atoms with Crippen LogP contribution in [0, 0.1) is 0 Å². The normalized spacial score (nSPS) is 16.3. The van der Waals surface area contributed by atoms with Crippen LogP contribution in [0.2, 0.25) is 0 Å². The van der Waals surface area contributed by atoms with Gasteiger partial charge in [0.2, 0.25) is 0 Å². The smallest absolute Gasteiger partial charge is 0.262 e. The molecular weight excluding hydrogens is 522 g/mol. The van der Waals surface area contributed by atoms with Gasteiger partial charge in [0.05, 0.1) is 11.1 Å². The molecule has 0 bridgehead atoms. The molecule has 42 heavy (non-hydrogen) atoms. The molecule has 0 unspecified atom stereocenters. The van der Waals surface area contributed by atoms with Gasteiger partial charge in [-0.05, 0) is 54.7 Å². The molecule has 2 aliphatic rings. The van der Waals surface area contributed by atoms with Crippen molar-refractivity contribution in [2.75, 3.05) is 24.5 Å². The number of fused-ring (bicyclic) bond motifs is 1. The quantitative estimate of drug-likeness (QED) is 0.250. The van der Waals surface area contributed by atoms with E-state index in [2.05, 4.69) is 29.2 Å². The zero-order valence-corrected chi connectivity index (χ0v) is 23.6. The maximum Gasteiger partial charge on any atom is 0.262 e. The van der Waals surface area contributed by atoms with Crippen molar-refractivity contribution in [2.45, 2.75) is 37.8 Å². The predicted molar refractivity (Wildman–Crippen MR) is 164 cm³/mol. The summed E-state index contributed by atoms with van der Waals surface area (Å²) in [4.78, 5) is 47.5. The number of amides is 3. The summed E-state index contributed by atoms with van der Waals surface area (Å²) in [6, 6.07) is 35.7. The summed E-state index contributed by atoms with van der Waals surface area (Å²) >= 11 is 0. The van der Waals surface area contributed by atoms with Crippen molar-refractivity contribution in [3.63, 3.8) is 0 Å². The molecule has 6 heteroatoms. The Morgan fingerprint density at radius 2 is 1.19 bits per heavy atom. The highest BCUT2D eigenvalue weighted by Crippen LogP contribution is 2.31. The lowest BCUT2D eigenvalue weighted by atomic mass is 9.97. The van der Waals surface area contributed by atoms with Gasteiger partial charge in [-0.3, -0.25) is 19.3 Å². The molecule has 0 aliphatic carbocycles. The van der Waals surface area contributed by atoms with Crippen LogP contribution in [0.25, 0.3) is 0 Å². The molecule has 6 rings (SSSR count). The van der Waals surface area contributed by atoms with Crippen molar-refractivity contribution < 1.29 is 14.4 Å². The van der Waals surface area contributed by atoms with E-state index < -0.39 is 17.9 Å². The Morgan fingerprint density at radius 3 is 1.76 bits per heavy atom. The minimum absolute atomic E-state index is 0.0404. The molecule has 0 spiro atoms. The molecule has 6 nitrogen and oxygen atoms in total. The first-order valence-electron chi connectivity index (χ1n) is 14.8. The van der Waals surface area contributed by atoms with Gasteiger partial charge in [0, 0.05) is 37.8 Å². The molecule has 0 radical (unpaired) electrons. The molecule has 1 atom stereocenters. The minimum atomic E-state index is -0.962. The van der Waals surface area contributed by atoms with Crippen LogP contribution in [0.4, 0.5) is 5.69 Å². The second kappa shape index (κ2) is 12.5. The number of carbonyl (C=O) groups is 3. The molecule has 2 aliphatic heterocycles. The topological polar surface area (TPSA) is 60.9 Å². The van der Waals surface area contributed by atoms with Crippen molar-refractivity contribution in [3.05, 3.63) is 138 Å². The molecule has 0 N–H and O–H groups in total. The molecule has 0 aromatic heterocycles.